The van der Waals surface area contributed by atoms with E-state index >= 15 is 0 Å². The molecule has 0 atom stereocenters. The molecule has 2 amide bonds. The molecule has 4 rings (SSSR count). The van der Waals surface area contributed by atoms with Crippen LogP contribution >= 0.6 is 0 Å². The number of nitrogens with zero attached hydrogens (tertiary/aromatic N) is 3. The summed E-state index contributed by atoms with van der Waals surface area (Å²) in [6.45, 7) is 5.13. The maximum atomic E-state index is 12.1. The van der Waals surface area contributed by atoms with Crippen molar-refractivity contribution in [2.75, 3.05) is 0 Å². The van der Waals surface area contributed by atoms with Crippen LogP contribution in [0.15, 0.2) is 14.8 Å². The van der Waals surface area contributed by atoms with Crippen LogP contribution in [0.3, 0.4) is 0 Å². The van der Waals surface area contributed by atoms with Crippen molar-refractivity contribution < 1.29 is 9.59 Å². The number of carbonyl (C=O) groups is 2. The Balaban J connectivity index is 2.17. The summed E-state index contributed by atoms with van der Waals surface area (Å²) in [5, 5.41) is 2.29. The van der Waals surface area contributed by atoms with Crippen LogP contribution < -0.4 is 11.0 Å². The summed E-state index contributed by atoms with van der Waals surface area (Å²) >= 11 is 0. The number of amides is 2. The van der Waals surface area contributed by atoms with Gasteiger partial charge in [0.1, 0.15) is 5.54 Å². The van der Waals surface area contributed by atoms with E-state index in [-0.39, 0.29) is 23.5 Å². The molecular weight excluding hydrogens is 262 g/mol. The molecule has 1 aliphatic carbocycles. The Labute approximate surface area is 113 Å². The number of imide groups is 1. The Morgan fingerprint density at radius 2 is 2.10 bits per heavy atom. The van der Waals surface area contributed by atoms with Crippen molar-refractivity contribution in [3.8, 4) is 0 Å². The topological polar surface area (TPSA) is 109 Å². The Morgan fingerprint density at radius 1 is 1.40 bits per heavy atom. The summed E-state index contributed by atoms with van der Waals surface area (Å²) in [7, 11) is 0. The molecule has 1 aromatic heterocycles. The van der Waals surface area contributed by atoms with Gasteiger partial charge in [0.05, 0.1) is 0 Å². The summed E-state index contributed by atoms with van der Waals surface area (Å²) in [6, 6.07) is 0. The highest BCUT2D eigenvalue weighted by Crippen LogP contribution is 2.49. The third-order valence-electron chi connectivity index (χ3n) is 3.89. The van der Waals surface area contributed by atoms with E-state index in [0.717, 1.165) is 0 Å². The highest BCUT2D eigenvalue weighted by atomic mass is 16.2. The summed E-state index contributed by atoms with van der Waals surface area (Å²) in [5.41, 5.74) is -1.53. The Hall–Kier alpha value is -2.51. The summed E-state index contributed by atoms with van der Waals surface area (Å²) < 4.78 is 1.26. The van der Waals surface area contributed by atoms with Gasteiger partial charge >= 0.3 is 5.69 Å². The van der Waals surface area contributed by atoms with Gasteiger partial charge in [-0.1, -0.05) is 0 Å². The van der Waals surface area contributed by atoms with Crippen LogP contribution in [0.25, 0.3) is 0 Å². The van der Waals surface area contributed by atoms with E-state index in [1.165, 1.54) is 10.8 Å². The van der Waals surface area contributed by atoms with Gasteiger partial charge in [0.15, 0.2) is 11.6 Å². The first kappa shape index (κ1) is 12.5. The fraction of sp³-hybridized carbons (Fsp3) is 0.417. The van der Waals surface area contributed by atoms with Crippen LogP contribution in [-0.4, -0.2) is 34.3 Å². The van der Waals surface area contributed by atoms with Crippen molar-refractivity contribution >= 4 is 36.4 Å². The zero-order chi connectivity index (χ0) is 14.5. The van der Waals surface area contributed by atoms with E-state index in [4.69, 9.17) is 0 Å². The molecule has 2 N–H and O–H groups in total. The van der Waals surface area contributed by atoms with Gasteiger partial charge in [-0.15, -0.1) is 0 Å². The minimum absolute atomic E-state index is 0.219. The van der Waals surface area contributed by atoms with Gasteiger partial charge in [-0.3, -0.25) is 24.5 Å². The molecule has 0 unspecified atom stereocenters. The number of hydrogen-bond donors (Lipinski definition) is 2. The van der Waals surface area contributed by atoms with E-state index < -0.39 is 17.1 Å². The molecule has 2 bridgehead atoms. The Kier molecular flexibility index (Phi) is 2.50. The maximum absolute atomic E-state index is 12.1. The molecule has 8 heteroatoms. The fourth-order valence-electron chi connectivity index (χ4n) is 2.92. The molecular formula is C12H13N5O3. The van der Waals surface area contributed by atoms with E-state index in [2.05, 4.69) is 27.0 Å². The summed E-state index contributed by atoms with van der Waals surface area (Å²) in [6.07, 6.45) is 2.14. The number of imidazole rings is 1. The van der Waals surface area contributed by atoms with Gasteiger partial charge in [0.2, 0.25) is 5.91 Å². The van der Waals surface area contributed by atoms with Gasteiger partial charge in [-0.25, -0.2) is 14.8 Å². The molecule has 8 nitrogen and oxygen atoms in total. The third-order valence-corrected chi connectivity index (χ3v) is 3.89. The van der Waals surface area contributed by atoms with Gasteiger partial charge in [-0.05, 0) is 26.5 Å². The van der Waals surface area contributed by atoms with Gasteiger partial charge in [-0.2, -0.15) is 0 Å². The Morgan fingerprint density at radius 3 is 2.65 bits per heavy atom. The monoisotopic (exact) mass is 275 g/mol. The van der Waals surface area contributed by atoms with Crippen molar-refractivity contribution in [2.45, 2.75) is 25.3 Å². The predicted octanol–water partition coefficient (Wildman–Crippen LogP) is -0.00760. The molecule has 2 saturated heterocycles. The molecule has 104 valence electrons. The minimum Gasteiger partial charge on any atom is -0.294 e. The lowest BCUT2D eigenvalue weighted by atomic mass is 9.64. The van der Waals surface area contributed by atoms with Crippen molar-refractivity contribution in [3.63, 3.8) is 0 Å². The second-order valence-corrected chi connectivity index (χ2v) is 4.94. The zero-order valence-electron chi connectivity index (χ0n) is 10.8. The van der Waals surface area contributed by atoms with Crippen molar-refractivity contribution in [1.82, 2.24) is 14.9 Å². The smallest absolute Gasteiger partial charge is 0.294 e. The molecule has 0 spiro atoms. The molecule has 20 heavy (non-hydrogen) atoms. The number of carbonyl (C=O) groups excluding carboxylic acids is 2. The number of H-pyrrole nitrogens is 1. The van der Waals surface area contributed by atoms with Crippen LogP contribution in [0.1, 0.15) is 19.8 Å². The van der Waals surface area contributed by atoms with Crippen molar-refractivity contribution in [3.05, 3.63) is 10.5 Å². The largest absolute Gasteiger partial charge is 0.329 e. The molecule has 1 aromatic rings. The van der Waals surface area contributed by atoms with Crippen LogP contribution in [0.5, 0.6) is 0 Å². The summed E-state index contributed by atoms with van der Waals surface area (Å²) in [5.74, 6) is -0.500. The quantitative estimate of drug-likeness (QED) is 0.598. The van der Waals surface area contributed by atoms with Crippen LogP contribution in [0.4, 0.5) is 11.6 Å². The molecule has 0 aromatic carbocycles. The molecule has 0 radical (unpaired) electrons. The fourth-order valence-corrected chi connectivity index (χ4v) is 2.92. The average Bonchev–Trinajstić information content (AvgIpc) is 2.64. The number of piperidine rings is 2. The third kappa shape index (κ3) is 1.38. The predicted molar refractivity (Wildman–Crippen MR) is 71.9 cm³/mol. The van der Waals surface area contributed by atoms with E-state index in [1.54, 1.807) is 6.92 Å². The number of aromatic amines is 1. The minimum atomic E-state index is -1.05. The van der Waals surface area contributed by atoms with E-state index in [1.807, 2.05) is 0 Å². The number of aliphatic imine (C=N–C) groups is 2. The first-order valence-corrected chi connectivity index (χ1v) is 6.19. The molecule has 3 heterocycles. The normalized spacial score (nSPS) is 28.4. The zero-order valence-corrected chi connectivity index (χ0v) is 10.8. The SMILES string of the molecule is C=Nc1c(N=CC)[nH]c(=O)n1C12CC(C1)C(=O)NC2=O. The second-order valence-electron chi connectivity index (χ2n) is 4.94. The lowest BCUT2D eigenvalue weighted by molar-refractivity contribution is -0.156. The first-order valence-electron chi connectivity index (χ1n) is 6.19. The van der Waals surface area contributed by atoms with Crippen molar-refractivity contribution in [1.29, 1.82) is 0 Å². The molecule has 3 aliphatic rings. The maximum Gasteiger partial charge on any atom is 0.329 e. The van der Waals surface area contributed by atoms with Gasteiger partial charge < -0.3 is 0 Å². The first-order chi connectivity index (χ1) is 9.53. The molecule has 2 aliphatic heterocycles. The van der Waals surface area contributed by atoms with E-state index in [9.17, 15) is 14.4 Å². The summed E-state index contributed by atoms with van der Waals surface area (Å²) in [4.78, 5) is 46.1. The van der Waals surface area contributed by atoms with Gasteiger partial charge in [0, 0.05) is 12.1 Å². The average molecular weight is 275 g/mol. The van der Waals surface area contributed by atoms with E-state index in [0.29, 0.717) is 12.8 Å². The standard InChI is InChI=1S/C12H13N5O3/c1-3-14-7-8(13-2)17(11(20)15-7)12-4-6(5-12)9(18)16-10(12)19/h3,6H,2,4-5H2,1H3,(H,15,20)(H,16,18,19). The van der Waals surface area contributed by atoms with Crippen LogP contribution in [0.2, 0.25) is 0 Å². The number of rotatable bonds is 3. The second kappa shape index (κ2) is 3.99. The lowest BCUT2D eigenvalue weighted by Gasteiger charge is -2.49. The lowest BCUT2D eigenvalue weighted by Crippen LogP contribution is -2.68. The number of hydrogen-bond acceptors (Lipinski definition) is 5. The molecule has 3 fully saturated rings. The number of nitrogens with one attached hydrogen (secondary N) is 2. The number of aromatic nitrogens is 2. The van der Waals surface area contributed by atoms with Crippen LogP contribution in [0, 0.1) is 5.92 Å². The van der Waals surface area contributed by atoms with Crippen molar-refractivity contribution in [2.24, 2.45) is 15.9 Å². The van der Waals surface area contributed by atoms with Crippen LogP contribution in [-0.2, 0) is 15.1 Å². The Bertz CT molecular complexity index is 705. The number of fused-ring (bicyclic) bond motifs is 2. The highest BCUT2D eigenvalue weighted by Gasteiger charge is 2.60. The van der Waals surface area contributed by atoms with Gasteiger partial charge in [0.25, 0.3) is 5.91 Å². The highest BCUT2D eigenvalue weighted by molar-refractivity contribution is 6.06. The molecule has 1 saturated carbocycles.